The Hall–Kier alpha value is -2.94. The first-order valence-corrected chi connectivity index (χ1v) is 8.36. The average Bonchev–Trinajstić information content (AvgIpc) is 2.54. The lowest BCUT2D eigenvalue weighted by Crippen LogP contribution is -2.15. The van der Waals surface area contributed by atoms with Crippen molar-refractivity contribution in [1.82, 2.24) is 0 Å². The van der Waals surface area contributed by atoms with Gasteiger partial charge in [-0.3, -0.25) is 14.8 Å². The van der Waals surface area contributed by atoms with Gasteiger partial charge in [0.25, 0.3) is 15.7 Å². The molecule has 0 aliphatic carbocycles. The van der Waals surface area contributed by atoms with E-state index < -0.39 is 20.9 Å². The number of hydrogen-bond acceptors (Lipinski definition) is 5. The summed E-state index contributed by atoms with van der Waals surface area (Å²) in [6.07, 6.45) is 0.381. The molecular weight excluding hydrogens is 336 g/mol. The molecule has 0 radical (unpaired) electrons. The second kappa shape index (κ2) is 6.67. The van der Waals surface area contributed by atoms with E-state index in [1.54, 1.807) is 6.92 Å². The number of nitro groups is 1. The molecular formula is C15H14N2O6S. The topological polar surface area (TPSA) is 127 Å². The number of aryl methyl sites for hydroxylation is 1. The summed E-state index contributed by atoms with van der Waals surface area (Å²) in [5, 5.41) is 19.7. The van der Waals surface area contributed by atoms with Crippen LogP contribution in [0, 0.1) is 10.1 Å². The normalized spacial score (nSPS) is 11.0. The molecule has 0 amide bonds. The molecule has 0 fully saturated rings. The molecule has 0 aliphatic rings. The molecule has 0 heterocycles. The maximum Gasteiger partial charge on any atom is 0.335 e. The molecule has 126 valence electrons. The molecule has 0 unspecified atom stereocenters. The number of aromatic carboxylic acids is 1. The van der Waals surface area contributed by atoms with Crippen molar-refractivity contribution in [1.29, 1.82) is 0 Å². The summed E-state index contributed by atoms with van der Waals surface area (Å²) in [5.41, 5.74) is 0.292. The Kier molecular flexibility index (Phi) is 4.84. The summed E-state index contributed by atoms with van der Waals surface area (Å²) >= 11 is 0. The van der Waals surface area contributed by atoms with E-state index in [1.165, 1.54) is 36.4 Å². The Morgan fingerprint density at radius 3 is 2.33 bits per heavy atom. The molecule has 2 aromatic rings. The fourth-order valence-electron chi connectivity index (χ4n) is 2.09. The van der Waals surface area contributed by atoms with Gasteiger partial charge in [0.15, 0.2) is 0 Å². The minimum absolute atomic E-state index is 0.0162. The lowest BCUT2D eigenvalue weighted by molar-refractivity contribution is -0.385. The first kappa shape index (κ1) is 17.4. The molecule has 9 heteroatoms. The number of carboxylic acids is 1. The van der Waals surface area contributed by atoms with E-state index in [2.05, 4.69) is 4.72 Å². The number of nitrogens with zero attached hydrogens (tertiary/aromatic N) is 1. The van der Waals surface area contributed by atoms with E-state index in [0.29, 0.717) is 12.0 Å². The van der Waals surface area contributed by atoms with Crippen molar-refractivity contribution in [2.75, 3.05) is 4.72 Å². The summed E-state index contributed by atoms with van der Waals surface area (Å²) in [7, 11) is -4.05. The van der Waals surface area contributed by atoms with Crippen molar-refractivity contribution in [3.05, 3.63) is 63.7 Å². The summed E-state index contributed by atoms with van der Waals surface area (Å²) in [5.74, 6) is -1.13. The van der Waals surface area contributed by atoms with Crippen LogP contribution in [0.5, 0.6) is 0 Å². The monoisotopic (exact) mass is 350 g/mol. The second-order valence-corrected chi connectivity index (χ2v) is 6.54. The van der Waals surface area contributed by atoms with Gasteiger partial charge >= 0.3 is 5.97 Å². The predicted molar refractivity (Wildman–Crippen MR) is 86.7 cm³/mol. The first-order valence-electron chi connectivity index (χ1n) is 6.88. The van der Waals surface area contributed by atoms with Gasteiger partial charge in [0.05, 0.1) is 15.4 Å². The molecule has 0 saturated heterocycles. The minimum atomic E-state index is -4.05. The van der Waals surface area contributed by atoms with Crippen LogP contribution in [0.4, 0.5) is 11.4 Å². The molecule has 0 aliphatic heterocycles. The summed E-state index contributed by atoms with van der Waals surface area (Å²) in [6.45, 7) is 1.74. The molecule has 2 rings (SSSR count). The van der Waals surface area contributed by atoms with Crippen LogP contribution in [0.3, 0.4) is 0 Å². The summed E-state index contributed by atoms with van der Waals surface area (Å²) < 4.78 is 27.3. The van der Waals surface area contributed by atoms with Crippen molar-refractivity contribution in [3.63, 3.8) is 0 Å². The number of nitro benzene ring substituents is 1. The Labute approximate surface area is 138 Å². The number of carbonyl (C=O) groups is 1. The number of carboxylic acid groups (broad SMARTS) is 1. The maximum atomic E-state index is 12.5. The lowest BCUT2D eigenvalue weighted by atomic mass is 10.1. The zero-order chi connectivity index (χ0) is 17.9. The van der Waals surface area contributed by atoms with Crippen molar-refractivity contribution < 1.29 is 23.2 Å². The number of sulfonamides is 1. The van der Waals surface area contributed by atoms with Gasteiger partial charge < -0.3 is 5.11 Å². The van der Waals surface area contributed by atoms with Gasteiger partial charge in [-0.15, -0.1) is 0 Å². The fourth-order valence-corrected chi connectivity index (χ4v) is 3.48. The van der Waals surface area contributed by atoms with E-state index in [1.807, 2.05) is 0 Å². The number of anilines is 1. The largest absolute Gasteiger partial charge is 0.478 e. The Morgan fingerprint density at radius 2 is 1.83 bits per heavy atom. The number of rotatable bonds is 6. The SMILES string of the molecule is CCc1ccc([N+](=O)[O-])cc1S(=O)(=O)Nc1ccc(C(=O)O)cc1. The van der Waals surface area contributed by atoms with E-state index in [-0.39, 0.29) is 21.8 Å². The Morgan fingerprint density at radius 1 is 1.21 bits per heavy atom. The Balaban J connectivity index is 2.41. The standard InChI is InChI=1S/C15H14N2O6S/c1-2-10-5-8-13(17(20)21)9-14(10)24(22,23)16-12-6-3-11(4-7-12)15(18)19/h3-9,16H,2H2,1H3,(H,18,19). The summed E-state index contributed by atoms with van der Waals surface area (Å²) in [4.78, 5) is 20.8. The van der Waals surface area contributed by atoms with Crippen LogP contribution in [0.2, 0.25) is 0 Å². The van der Waals surface area contributed by atoms with Gasteiger partial charge in [-0.2, -0.15) is 0 Å². The van der Waals surface area contributed by atoms with Crippen LogP contribution in [0.25, 0.3) is 0 Å². The zero-order valence-electron chi connectivity index (χ0n) is 12.6. The van der Waals surface area contributed by atoms with Gasteiger partial charge in [-0.05, 0) is 36.2 Å². The highest BCUT2D eigenvalue weighted by molar-refractivity contribution is 7.92. The molecule has 0 atom stereocenters. The number of nitrogens with one attached hydrogen (secondary N) is 1. The molecule has 24 heavy (non-hydrogen) atoms. The van der Waals surface area contributed by atoms with Crippen LogP contribution < -0.4 is 4.72 Å². The molecule has 0 aromatic heterocycles. The zero-order valence-corrected chi connectivity index (χ0v) is 13.4. The van der Waals surface area contributed by atoms with E-state index >= 15 is 0 Å². The van der Waals surface area contributed by atoms with Crippen LogP contribution >= 0.6 is 0 Å². The molecule has 0 saturated carbocycles. The first-order chi connectivity index (χ1) is 11.2. The highest BCUT2D eigenvalue weighted by atomic mass is 32.2. The average molecular weight is 350 g/mol. The third-order valence-electron chi connectivity index (χ3n) is 3.32. The van der Waals surface area contributed by atoms with Crippen LogP contribution in [-0.2, 0) is 16.4 Å². The van der Waals surface area contributed by atoms with Gasteiger partial charge in [0.1, 0.15) is 0 Å². The summed E-state index contributed by atoms with van der Waals surface area (Å²) in [6, 6.07) is 8.79. The van der Waals surface area contributed by atoms with Crippen LogP contribution in [0.1, 0.15) is 22.8 Å². The smallest absolute Gasteiger partial charge is 0.335 e. The van der Waals surface area contributed by atoms with Crippen LogP contribution in [-0.4, -0.2) is 24.4 Å². The highest BCUT2D eigenvalue weighted by Gasteiger charge is 2.21. The van der Waals surface area contributed by atoms with Crippen molar-refractivity contribution in [2.45, 2.75) is 18.2 Å². The van der Waals surface area contributed by atoms with Crippen molar-refractivity contribution >= 4 is 27.4 Å². The third kappa shape index (κ3) is 3.69. The molecule has 0 bridgehead atoms. The van der Waals surface area contributed by atoms with Gasteiger partial charge in [0.2, 0.25) is 0 Å². The minimum Gasteiger partial charge on any atom is -0.478 e. The van der Waals surface area contributed by atoms with Crippen molar-refractivity contribution in [3.8, 4) is 0 Å². The quantitative estimate of drug-likeness (QED) is 0.609. The van der Waals surface area contributed by atoms with E-state index in [4.69, 9.17) is 5.11 Å². The van der Waals surface area contributed by atoms with E-state index in [0.717, 1.165) is 6.07 Å². The number of benzene rings is 2. The van der Waals surface area contributed by atoms with Crippen LogP contribution in [0.15, 0.2) is 47.4 Å². The van der Waals surface area contributed by atoms with Crippen molar-refractivity contribution in [2.24, 2.45) is 0 Å². The molecule has 2 aromatic carbocycles. The second-order valence-electron chi connectivity index (χ2n) is 4.89. The molecule has 2 N–H and O–H groups in total. The van der Waals surface area contributed by atoms with Gasteiger partial charge in [-0.1, -0.05) is 13.0 Å². The number of non-ortho nitro benzene ring substituents is 1. The Bertz CT molecular complexity index is 891. The van der Waals surface area contributed by atoms with Gasteiger partial charge in [0, 0.05) is 17.8 Å². The molecule has 0 spiro atoms. The molecule has 8 nitrogen and oxygen atoms in total. The number of hydrogen-bond donors (Lipinski definition) is 2. The predicted octanol–water partition coefficient (Wildman–Crippen LogP) is 2.66. The highest BCUT2D eigenvalue weighted by Crippen LogP contribution is 2.25. The third-order valence-corrected chi connectivity index (χ3v) is 4.78. The lowest BCUT2D eigenvalue weighted by Gasteiger charge is -2.11. The van der Waals surface area contributed by atoms with Gasteiger partial charge in [-0.25, -0.2) is 13.2 Å². The fraction of sp³-hybridized carbons (Fsp3) is 0.133. The maximum absolute atomic E-state index is 12.5. The van der Waals surface area contributed by atoms with E-state index in [9.17, 15) is 23.3 Å².